The van der Waals surface area contributed by atoms with Crippen molar-refractivity contribution in [1.82, 2.24) is 73.3 Å². The van der Waals surface area contributed by atoms with Crippen molar-refractivity contribution in [3.05, 3.63) is 223 Å². The van der Waals surface area contributed by atoms with Gasteiger partial charge in [0, 0.05) is 111 Å². The number of piperazine rings is 3. The zero-order valence-electron chi connectivity index (χ0n) is 79.7. The normalized spacial score (nSPS) is 17.3. The summed E-state index contributed by atoms with van der Waals surface area (Å²) in [4.78, 5) is 135. The second-order valence-corrected chi connectivity index (χ2v) is 39.7. The van der Waals surface area contributed by atoms with Crippen molar-refractivity contribution in [2.24, 2.45) is 0 Å². The molecule has 9 aromatic heterocycles. The van der Waals surface area contributed by atoms with E-state index in [2.05, 4.69) is 30.9 Å². The third-order valence-electron chi connectivity index (χ3n) is 24.0. The van der Waals surface area contributed by atoms with Crippen LogP contribution in [0.5, 0.6) is 0 Å². The van der Waals surface area contributed by atoms with Crippen LogP contribution in [-0.4, -0.2) is 178 Å². The highest BCUT2D eigenvalue weighted by Gasteiger charge is 2.41. The number of carbonyl (C=O) groups excluding carboxylic acids is 3. The number of rotatable bonds is 14. The molecule has 0 bridgehead atoms. The molecule has 0 unspecified atom stereocenters. The van der Waals surface area contributed by atoms with Crippen LogP contribution in [0, 0.1) is 38.2 Å². The number of benzene rings is 3. The van der Waals surface area contributed by atoms with Gasteiger partial charge in [-0.25, -0.2) is 70.8 Å². The molecule has 133 heavy (non-hydrogen) atoms. The number of carbonyl (C=O) groups is 3. The van der Waals surface area contributed by atoms with E-state index >= 15 is 13.2 Å². The summed E-state index contributed by atoms with van der Waals surface area (Å²) < 4.78 is 61.6. The maximum absolute atomic E-state index is 15.1. The fraction of sp³-hybridized carbons (Fsp3) is 0.430. The van der Waals surface area contributed by atoms with Crippen molar-refractivity contribution in [2.45, 2.75) is 244 Å². The van der Waals surface area contributed by atoms with Crippen LogP contribution >= 0.6 is 50.7 Å². The van der Waals surface area contributed by atoms with Gasteiger partial charge < -0.3 is 38.9 Å². The molecule has 3 aliphatic heterocycles. The first-order valence-electron chi connectivity index (χ1n) is 45.0. The van der Waals surface area contributed by atoms with Gasteiger partial charge in [0.25, 0.3) is 0 Å². The number of hydrogen-bond donors (Lipinski definition) is 0. The van der Waals surface area contributed by atoms with E-state index in [9.17, 15) is 28.8 Å². The van der Waals surface area contributed by atoms with E-state index in [1.165, 1.54) is 31.9 Å². The van der Waals surface area contributed by atoms with Crippen LogP contribution in [0.2, 0.25) is 15.1 Å². The summed E-state index contributed by atoms with van der Waals surface area (Å²) in [5.41, 5.74) is 7.65. The van der Waals surface area contributed by atoms with E-state index in [0.29, 0.717) is 112 Å². The zero-order chi connectivity index (χ0) is 97.1. The first kappa shape index (κ1) is 99.0. The van der Waals surface area contributed by atoms with E-state index in [4.69, 9.17) is 74.2 Å². The van der Waals surface area contributed by atoms with Crippen LogP contribution in [-0.2, 0) is 27.1 Å². The quantitative estimate of drug-likeness (QED) is 0.0915. The largest absolute Gasteiger partial charge is 0.444 e. The smallest absolute Gasteiger partial charge is 0.410 e. The van der Waals surface area contributed by atoms with Gasteiger partial charge in [0.1, 0.15) is 50.7 Å². The highest BCUT2D eigenvalue weighted by Crippen LogP contribution is 2.43. The topological polar surface area (TPSA) is 271 Å². The Hall–Kier alpha value is -11.5. The number of anilines is 3. The van der Waals surface area contributed by atoms with Crippen LogP contribution in [0.3, 0.4) is 0 Å². The molecule has 0 aliphatic carbocycles. The van der Waals surface area contributed by atoms with E-state index in [1.54, 1.807) is 89.5 Å². The summed E-state index contributed by atoms with van der Waals surface area (Å²) in [6, 6.07) is 28.6. The summed E-state index contributed by atoms with van der Waals surface area (Å²) >= 11 is 24.0. The maximum atomic E-state index is 15.1. The molecule has 3 amide bonds. The second-order valence-electron chi connectivity index (χ2n) is 37.7. The molecule has 12 aromatic rings. The number of aromatic nitrogens is 12. The lowest BCUT2D eigenvalue weighted by Crippen LogP contribution is -2.59. The molecular formula is C100H115BrCl3F3N18O8. The summed E-state index contributed by atoms with van der Waals surface area (Å²) in [6.45, 7) is 48.8. The van der Waals surface area contributed by atoms with E-state index < -0.39 is 57.9 Å². The van der Waals surface area contributed by atoms with Gasteiger partial charge in [-0.15, -0.1) is 0 Å². The van der Waals surface area contributed by atoms with Crippen molar-refractivity contribution in [3.63, 3.8) is 0 Å². The summed E-state index contributed by atoms with van der Waals surface area (Å²) in [6.07, 6.45) is 0.707. The van der Waals surface area contributed by atoms with Crippen LogP contribution in [0.15, 0.2) is 128 Å². The van der Waals surface area contributed by atoms with Crippen LogP contribution in [0.4, 0.5) is 40.2 Å². The Morgan fingerprint density at radius 1 is 0.414 bits per heavy atom. The standard InChI is InChI=1S/C35H42ClFN6O3.C33H37BrClFN6O3.C32H36ClFN6O2/c1-10-23-15-20(4)30(28(38-23)19(2)3)43-32-25(16-26(36)29(39-32)24-13-11-12-14-27(24)37)31(40-33(43)44)41-17-22(6)42(18-21(41)5)34(45)46-35(7,8)9;1-17(2)26-28(18(3)13-25(34)37-26)42-30-22(14-23(35)27(38-30)21-11-9-10-12-24(21)36)29(39-31(42)43)40-15-20(5)41(16-19(40)4)32(44)45-33(6,7)8;1-8-22-13-18(4)29(27(35-22)17(2)3)40-31-24(14-25(33)28(36-31)23-11-9-10-12-26(23)34)30(37-32(40)42)39-16-19(5)38(21(7)41)15-20(39)6/h11-16,19,21-22H,10,17-18H2,1-9H3;9-14,17,19-20H,15-16H2,1-8H3;9-14,17,19-20H,8,15-16H2,1-7H3/t21-,22+;2*19-,20+/m001/s1. The molecule has 0 spiro atoms. The van der Waals surface area contributed by atoms with E-state index in [0.717, 1.165) is 52.3 Å². The molecule has 0 N–H and O–H groups in total. The second kappa shape index (κ2) is 39.6. The van der Waals surface area contributed by atoms with Crippen molar-refractivity contribution in [2.75, 3.05) is 54.0 Å². The van der Waals surface area contributed by atoms with Crippen molar-refractivity contribution in [3.8, 4) is 50.8 Å². The van der Waals surface area contributed by atoms with Crippen LogP contribution in [0.1, 0.15) is 208 Å². The molecule has 6 atom stereocenters. The van der Waals surface area contributed by atoms with Gasteiger partial charge >= 0.3 is 29.3 Å². The van der Waals surface area contributed by atoms with Crippen LogP contribution < -0.4 is 31.8 Å². The van der Waals surface area contributed by atoms with Crippen molar-refractivity contribution < 1.29 is 37.0 Å². The number of hydrogen-bond acceptors (Lipinski definition) is 20. The number of amides is 3. The highest BCUT2D eigenvalue weighted by atomic mass is 79.9. The van der Waals surface area contributed by atoms with Crippen LogP contribution in [0.25, 0.3) is 83.9 Å². The Labute approximate surface area is 796 Å². The number of aryl methyl sites for hydroxylation is 5. The predicted molar refractivity (Wildman–Crippen MR) is 525 cm³/mol. The molecule has 3 aromatic carbocycles. The van der Waals surface area contributed by atoms with Gasteiger partial charge in [0.15, 0.2) is 16.9 Å². The average Bonchev–Trinajstić information content (AvgIpc) is 0.735. The van der Waals surface area contributed by atoms with Gasteiger partial charge in [-0.2, -0.15) is 15.0 Å². The Kier molecular flexibility index (Phi) is 29.5. The Morgan fingerprint density at radius 2 is 0.692 bits per heavy atom. The molecule has 0 radical (unpaired) electrons. The zero-order valence-corrected chi connectivity index (χ0v) is 83.6. The predicted octanol–water partition coefficient (Wildman–Crippen LogP) is 21.2. The molecule has 3 fully saturated rings. The van der Waals surface area contributed by atoms with E-state index in [-0.39, 0.29) is 114 Å². The van der Waals surface area contributed by atoms with Crippen molar-refractivity contribution in [1.29, 1.82) is 0 Å². The van der Waals surface area contributed by atoms with Gasteiger partial charge in [-0.3, -0.25) is 14.8 Å². The third-order valence-corrected chi connectivity index (χ3v) is 25.2. The third kappa shape index (κ3) is 20.5. The maximum Gasteiger partial charge on any atom is 0.410 e. The minimum Gasteiger partial charge on any atom is -0.444 e. The SMILES string of the molecule is CCc1cc(C)c(-n2c(=O)nc(N3C[C@@H](C)N(C(=O)OC(C)(C)C)C[C@@H]3C)c3cc(Cl)c(-c4ccccc4F)nc32)c(C(C)C)n1.CCc1cc(C)c(-n2c(=O)nc(N3C[C@@H](C)N(C(C)=O)C[C@@H]3C)c3cc(Cl)c(-c4ccccc4F)nc32)c(C(C)C)n1.Cc1cc(Br)nc(C(C)C)c1-n1c(=O)nc(N2C[C@@H](C)N(C(=O)OC(C)(C)C)C[C@@H]2C)c2cc(Cl)c(-c3ccccc3F)nc21. The molecule has 33 heteroatoms. The Morgan fingerprint density at radius 3 is 0.970 bits per heavy atom. The van der Waals surface area contributed by atoms with Crippen molar-refractivity contribution >= 4 is 119 Å². The molecule has 12 heterocycles. The molecule has 702 valence electrons. The number of fused-ring (bicyclic) bond motifs is 3. The monoisotopic (exact) mass is 1940 g/mol. The lowest BCUT2D eigenvalue weighted by Gasteiger charge is -2.44. The lowest BCUT2D eigenvalue weighted by atomic mass is 10.0. The minimum absolute atomic E-state index is 0.00110. The number of halogens is 7. The van der Waals surface area contributed by atoms with E-state index in [1.807, 2.05) is 197 Å². The Bertz CT molecular complexity index is 6740. The molecule has 0 saturated carbocycles. The molecule has 3 aliphatic rings. The van der Waals surface area contributed by atoms with Gasteiger partial charge in [-0.1, -0.05) is 127 Å². The highest BCUT2D eigenvalue weighted by molar-refractivity contribution is 9.10. The summed E-state index contributed by atoms with van der Waals surface area (Å²) in [5, 5.41) is 2.28. The number of nitrogens with zero attached hydrogens (tertiary/aromatic N) is 18. The minimum atomic E-state index is -0.632. The fourth-order valence-corrected chi connectivity index (χ4v) is 18.9. The summed E-state index contributed by atoms with van der Waals surface area (Å²) in [5.74, 6) is -0.261. The summed E-state index contributed by atoms with van der Waals surface area (Å²) in [7, 11) is 0. The fourth-order valence-electron chi connectivity index (χ4n) is 17.6. The molecule has 3 saturated heterocycles. The number of ether oxygens (including phenoxy) is 2. The van der Waals surface area contributed by atoms with Gasteiger partial charge in [0.2, 0.25) is 5.91 Å². The molecular weight excluding hydrogens is 1820 g/mol. The lowest BCUT2D eigenvalue weighted by molar-refractivity contribution is -0.131. The molecule has 15 rings (SSSR count). The average molecular weight is 1940 g/mol. The Balaban J connectivity index is 0.000000170. The van der Waals surface area contributed by atoms with Gasteiger partial charge in [0.05, 0.1) is 82.5 Å². The first-order chi connectivity index (χ1) is 62.6. The number of pyridine rings is 6. The first-order valence-corrected chi connectivity index (χ1v) is 46.9. The molecule has 26 nitrogen and oxygen atoms in total. The van der Waals surface area contributed by atoms with Gasteiger partial charge in [-0.05, 0) is 240 Å².